The van der Waals surface area contributed by atoms with E-state index in [1.54, 1.807) is 12.1 Å². The van der Waals surface area contributed by atoms with Crippen molar-refractivity contribution in [3.05, 3.63) is 102 Å². The van der Waals surface area contributed by atoms with Crippen LogP contribution in [0.3, 0.4) is 0 Å². The Kier molecular flexibility index (Phi) is 7.51. The van der Waals surface area contributed by atoms with Gasteiger partial charge in [-0.05, 0) is 92.8 Å². The Morgan fingerprint density at radius 3 is 2.26 bits per heavy atom. The van der Waals surface area contributed by atoms with Gasteiger partial charge < -0.3 is 9.47 Å². The molecule has 31 heavy (non-hydrogen) atoms. The van der Waals surface area contributed by atoms with Gasteiger partial charge in [0, 0.05) is 5.41 Å². The molecular weight excluding hydrogens is 387 g/mol. The zero-order chi connectivity index (χ0) is 22.3. The Morgan fingerprint density at radius 2 is 1.61 bits per heavy atom. The van der Waals surface area contributed by atoms with Gasteiger partial charge in [-0.15, -0.1) is 6.58 Å². The first kappa shape index (κ1) is 22.6. The minimum absolute atomic E-state index is 0.0986. The predicted molar refractivity (Wildman–Crippen MR) is 126 cm³/mol. The lowest BCUT2D eigenvalue weighted by atomic mass is 9.78. The summed E-state index contributed by atoms with van der Waals surface area (Å²) in [5.41, 5.74) is 2.36. The summed E-state index contributed by atoms with van der Waals surface area (Å²) in [6, 6.07) is 22.5. The molecule has 1 unspecified atom stereocenters. The van der Waals surface area contributed by atoms with E-state index in [1.807, 2.05) is 50.3 Å². The first-order chi connectivity index (χ1) is 14.9. The number of hydrogen-bond donors (Lipinski definition) is 0. The Balaban J connectivity index is 1.60. The molecule has 162 valence electrons. The first-order valence-electron chi connectivity index (χ1n) is 10.8. The molecule has 0 spiro atoms. The summed E-state index contributed by atoms with van der Waals surface area (Å²) in [6.07, 6.45) is 5.16. The van der Waals surface area contributed by atoms with E-state index < -0.39 is 0 Å². The molecule has 0 saturated carbocycles. The quantitative estimate of drug-likeness (QED) is 0.312. The second kappa shape index (κ2) is 10.3. The molecule has 0 radical (unpaired) electrons. The molecule has 0 aromatic heterocycles. The zero-order valence-electron chi connectivity index (χ0n) is 18.6. The average Bonchev–Trinajstić information content (AvgIpc) is 2.75. The summed E-state index contributed by atoms with van der Waals surface area (Å²) in [5, 5.41) is 0. The smallest absolute Gasteiger partial charge is 0.127 e. The van der Waals surface area contributed by atoms with Crippen molar-refractivity contribution in [1.29, 1.82) is 0 Å². The van der Waals surface area contributed by atoms with Crippen LogP contribution < -0.4 is 9.47 Å². The number of ether oxygens (including phenoxy) is 2. The maximum atomic E-state index is 13.1. The molecule has 1 atom stereocenters. The number of halogens is 1. The van der Waals surface area contributed by atoms with E-state index in [4.69, 9.17) is 9.47 Å². The zero-order valence-corrected chi connectivity index (χ0v) is 18.6. The summed E-state index contributed by atoms with van der Waals surface area (Å²) in [6.45, 7) is 10.4. The second-order valence-electron chi connectivity index (χ2n) is 8.37. The summed E-state index contributed by atoms with van der Waals surface area (Å²) in [7, 11) is 0. The number of aryl methyl sites for hydroxylation is 1. The van der Waals surface area contributed by atoms with Crippen molar-refractivity contribution >= 4 is 0 Å². The maximum absolute atomic E-state index is 13.1. The molecule has 0 bridgehead atoms. The normalized spacial score (nSPS) is 12.9. The van der Waals surface area contributed by atoms with Crippen LogP contribution in [0.2, 0.25) is 0 Å². The predicted octanol–water partition coefficient (Wildman–Crippen LogP) is 7.87. The van der Waals surface area contributed by atoms with Gasteiger partial charge in [0.2, 0.25) is 0 Å². The largest absolute Gasteiger partial charge is 0.491 e. The molecule has 3 aromatic rings. The molecule has 0 aliphatic carbocycles. The third-order valence-corrected chi connectivity index (χ3v) is 5.45. The fraction of sp³-hybridized carbons (Fsp3) is 0.286. The molecule has 3 rings (SSSR count). The van der Waals surface area contributed by atoms with E-state index in [-0.39, 0.29) is 17.3 Å². The minimum atomic E-state index is -0.270. The average molecular weight is 419 g/mol. The van der Waals surface area contributed by atoms with Crippen LogP contribution in [0, 0.1) is 5.82 Å². The molecule has 0 aliphatic heterocycles. The summed E-state index contributed by atoms with van der Waals surface area (Å²) < 4.78 is 24.7. The molecule has 3 heteroatoms. The number of allylic oxidation sites excluding steroid dienone is 1. The minimum Gasteiger partial charge on any atom is -0.491 e. The van der Waals surface area contributed by atoms with Crippen molar-refractivity contribution in [1.82, 2.24) is 0 Å². The van der Waals surface area contributed by atoms with Crippen molar-refractivity contribution in [3.8, 4) is 17.2 Å². The molecule has 0 fully saturated rings. The van der Waals surface area contributed by atoms with E-state index in [1.165, 1.54) is 23.3 Å². The van der Waals surface area contributed by atoms with E-state index in [9.17, 15) is 4.39 Å². The van der Waals surface area contributed by atoms with Gasteiger partial charge in [0.15, 0.2) is 0 Å². The highest BCUT2D eigenvalue weighted by atomic mass is 19.1. The van der Waals surface area contributed by atoms with Gasteiger partial charge in [0.05, 0.1) is 6.10 Å². The molecule has 0 amide bonds. The van der Waals surface area contributed by atoms with Gasteiger partial charge in [-0.25, -0.2) is 4.39 Å². The fourth-order valence-corrected chi connectivity index (χ4v) is 3.61. The number of benzene rings is 3. The molecule has 0 N–H and O–H groups in total. The monoisotopic (exact) mass is 418 g/mol. The Hall–Kier alpha value is -3.07. The maximum Gasteiger partial charge on any atom is 0.127 e. The molecular formula is C28H31FO2. The third kappa shape index (κ3) is 6.45. The SMILES string of the molecule is C=CC(C)(CCCc1cccc(Oc2ccc(F)cc2)c1)c1ccc(OC(C)C)cc1. The van der Waals surface area contributed by atoms with Crippen molar-refractivity contribution < 1.29 is 13.9 Å². The van der Waals surface area contributed by atoms with Crippen LogP contribution in [0.1, 0.15) is 44.7 Å². The number of rotatable bonds is 10. The Morgan fingerprint density at radius 1 is 0.935 bits per heavy atom. The molecule has 0 heterocycles. The molecule has 0 aliphatic rings. The van der Waals surface area contributed by atoms with Crippen LogP contribution in [-0.2, 0) is 11.8 Å². The standard InChI is InChI=1S/C28H31FO2/c1-5-28(4,23-11-15-25(16-12-23)30-21(2)3)19-7-9-22-8-6-10-27(20-22)31-26-17-13-24(29)14-18-26/h5-6,8,10-18,20-21H,1,7,9,19H2,2-4H3. The molecule has 2 nitrogen and oxygen atoms in total. The first-order valence-corrected chi connectivity index (χ1v) is 10.8. The summed E-state index contributed by atoms with van der Waals surface area (Å²) in [4.78, 5) is 0. The van der Waals surface area contributed by atoms with Gasteiger partial charge in [-0.2, -0.15) is 0 Å². The third-order valence-electron chi connectivity index (χ3n) is 5.45. The van der Waals surface area contributed by atoms with Crippen molar-refractivity contribution in [2.75, 3.05) is 0 Å². The fourth-order valence-electron chi connectivity index (χ4n) is 3.61. The van der Waals surface area contributed by atoms with Crippen molar-refractivity contribution in [2.24, 2.45) is 0 Å². The van der Waals surface area contributed by atoms with E-state index in [2.05, 4.69) is 31.7 Å². The van der Waals surface area contributed by atoms with Gasteiger partial charge in [0.25, 0.3) is 0 Å². The highest BCUT2D eigenvalue weighted by Crippen LogP contribution is 2.32. The van der Waals surface area contributed by atoms with Crippen molar-refractivity contribution in [2.45, 2.75) is 51.6 Å². The molecule has 0 saturated heterocycles. The molecule has 3 aromatic carbocycles. The highest BCUT2D eigenvalue weighted by Gasteiger charge is 2.22. The van der Waals surface area contributed by atoms with E-state index in [0.29, 0.717) is 5.75 Å². The lowest BCUT2D eigenvalue weighted by Crippen LogP contribution is -2.19. The highest BCUT2D eigenvalue weighted by molar-refractivity contribution is 5.36. The Labute approximate surface area is 185 Å². The van der Waals surface area contributed by atoms with Crippen LogP contribution in [-0.4, -0.2) is 6.10 Å². The van der Waals surface area contributed by atoms with Crippen LogP contribution in [0.5, 0.6) is 17.2 Å². The van der Waals surface area contributed by atoms with Crippen LogP contribution >= 0.6 is 0 Å². The lowest BCUT2D eigenvalue weighted by molar-refractivity contribution is 0.242. The van der Waals surface area contributed by atoms with Gasteiger partial charge in [-0.1, -0.05) is 37.3 Å². The van der Waals surface area contributed by atoms with Crippen LogP contribution in [0.4, 0.5) is 4.39 Å². The van der Waals surface area contributed by atoms with Gasteiger partial charge in [-0.3, -0.25) is 0 Å². The van der Waals surface area contributed by atoms with Crippen LogP contribution in [0.25, 0.3) is 0 Å². The van der Waals surface area contributed by atoms with Crippen LogP contribution in [0.15, 0.2) is 85.5 Å². The van der Waals surface area contributed by atoms with Gasteiger partial charge >= 0.3 is 0 Å². The second-order valence-corrected chi connectivity index (χ2v) is 8.37. The van der Waals surface area contributed by atoms with Crippen molar-refractivity contribution in [3.63, 3.8) is 0 Å². The van der Waals surface area contributed by atoms with E-state index >= 15 is 0 Å². The topological polar surface area (TPSA) is 18.5 Å². The summed E-state index contributed by atoms with van der Waals surface area (Å²) in [5.74, 6) is 2.01. The van der Waals surface area contributed by atoms with Gasteiger partial charge in [0.1, 0.15) is 23.1 Å². The summed E-state index contributed by atoms with van der Waals surface area (Å²) >= 11 is 0. The van der Waals surface area contributed by atoms with E-state index in [0.717, 1.165) is 30.8 Å². The number of hydrogen-bond acceptors (Lipinski definition) is 2. The lowest BCUT2D eigenvalue weighted by Gasteiger charge is -2.27. The Bertz CT molecular complexity index is 977.